The first kappa shape index (κ1) is 14.7. The van der Waals surface area contributed by atoms with Gasteiger partial charge in [-0.05, 0) is 24.1 Å². The summed E-state index contributed by atoms with van der Waals surface area (Å²) in [5.74, 6) is 0. The maximum Gasteiger partial charge on any atom is 0.109 e. The Morgan fingerprint density at radius 2 is 1.55 bits per heavy atom. The fourth-order valence-electron chi connectivity index (χ4n) is 2.98. The standard InChI is InChI=1S/C20H24N2/c1-2-3-14-21-15-16-22(19-12-8-5-9-13-19)20(21)17-18-10-6-4-7-11-18/h4-13,15-16,20H,2-3,14,17H2,1H3. The minimum atomic E-state index is 0.372. The van der Waals surface area contributed by atoms with Gasteiger partial charge in [-0.15, -0.1) is 0 Å². The summed E-state index contributed by atoms with van der Waals surface area (Å²) in [4.78, 5) is 4.87. The summed E-state index contributed by atoms with van der Waals surface area (Å²) in [6, 6.07) is 21.4. The predicted octanol–water partition coefficient (Wildman–Crippen LogP) is 4.65. The molecule has 2 nitrogen and oxygen atoms in total. The molecular weight excluding hydrogens is 268 g/mol. The van der Waals surface area contributed by atoms with Gasteiger partial charge in [0.05, 0.1) is 0 Å². The molecule has 0 bridgehead atoms. The summed E-state index contributed by atoms with van der Waals surface area (Å²) in [5, 5.41) is 0. The number of unbranched alkanes of at least 4 members (excludes halogenated alkanes) is 1. The second kappa shape index (κ2) is 7.17. The minimum Gasteiger partial charge on any atom is -0.355 e. The average Bonchev–Trinajstić information content (AvgIpc) is 2.97. The Labute approximate surface area is 133 Å². The number of para-hydroxylation sites is 1. The molecule has 114 valence electrons. The Bertz CT molecular complexity index is 592. The summed E-state index contributed by atoms with van der Waals surface area (Å²) in [6.07, 6.45) is 8.34. The molecule has 1 atom stereocenters. The monoisotopic (exact) mass is 292 g/mol. The van der Waals surface area contributed by atoms with Crippen LogP contribution in [0, 0.1) is 0 Å². The van der Waals surface area contributed by atoms with Gasteiger partial charge in [0.1, 0.15) is 6.17 Å². The molecule has 0 amide bonds. The van der Waals surface area contributed by atoms with Crippen molar-refractivity contribution in [2.45, 2.75) is 32.4 Å². The van der Waals surface area contributed by atoms with Crippen molar-refractivity contribution in [1.29, 1.82) is 0 Å². The van der Waals surface area contributed by atoms with E-state index in [9.17, 15) is 0 Å². The average molecular weight is 292 g/mol. The van der Waals surface area contributed by atoms with E-state index in [4.69, 9.17) is 0 Å². The Morgan fingerprint density at radius 1 is 0.864 bits per heavy atom. The highest BCUT2D eigenvalue weighted by Gasteiger charge is 2.26. The first-order valence-corrected chi connectivity index (χ1v) is 8.20. The van der Waals surface area contributed by atoms with Gasteiger partial charge in [-0.3, -0.25) is 0 Å². The largest absolute Gasteiger partial charge is 0.355 e. The van der Waals surface area contributed by atoms with E-state index in [-0.39, 0.29) is 0 Å². The van der Waals surface area contributed by atoms with Crippen molar-refractivity contribution in [3.8, 4) is 0 Å². The Kier molecular flexibility index (Phi) is 4.79. The quantitative estimate of drug-likeness (QED) is 0.764. The first-order chi connectivity index (χ1) is 10.9. The van der Waals surface area contributed by atoms with E-state index >= 15 is 0 Å². The van der Waals surface area contributed by atoms with E-state index in [0.717, 1.165) is 13.0 Å². The van der Waals surface area contributed by atoms with Gasteiger partial charge < -0.3 is 9.80 Å². The van der Waals surface area contributed by atoms with Crippen molar-refractivity contribution in [2.24, 2.45) is 0 Å². The van der Waals surface area contributed by atoms with E-state index in [0.29, 0.717) is 6.17 Å². The molecule has 0 saturated heterocycles. The highest BCUT2D eigenvalue weighted by molar-refractivity contribution is 5.51. The second-order valence-corrected chi connectivity index (χ2v) is 5.80. The predicted molar refractivity (Wildman–Crippen MR) is 93.6 cm³/mol. The molecule has 22 heavy (non-hydrogen) atoms. The Balaban J connectivity index is 1.81. The third-order valence-electron chi connectivity index (χ3n) is 4.21. The van der Waals surface area contributed by atoms with E-state index in [1.54, 1.807) is 0 Å². The zero-order valence-electron chi connectivity index (χ0n) is 13.2. The molecule has 1 unspecified atom stereocenters. The van der Waals surface area contributed by atoms with Crippen LogP contribution in [-0.2, 0) is 6.42 Å². The fourth-order valence-corrected chi connectivity index (χ4v) is 2.98. The van der Waals surface area contributed by atoms with Crippen molar-refractivity contribution < 1.29 is 0 Å². The number of anilines is 1. The van der Waals surface area contributed by atoms with Crippen LogP contribution in [0.5, 0.6) is 0 Å². The molecule has 0 N–H and O–H groups in total. The molecule has 0 fully saturated rings. The summed E-state index contributed by atoms with van der Waals surface area (Å²) in [6.45, 7) is 3.37. The van der Waals surface area contributed by atoms with E-state index in [1.165, 1.54) is 24.1 Å². The van der Waals surface area contributed by atoms with Gasteiger partial charge in [-0.2, -0.15) is 0 Å². The fraction of sp³-hybridized carbons (Fsp3) is 0.300. The molecule has 1 aliphatic rings. The highest BCUT2D eigenvalue weighted by Crippen LogP contribution is 2.27. The van der Waals surface area contributed by atoms with Crippen molar-refractivity contribution in [3.05, 3.63) is 78.6 Å². The first-order valence-electron chi connectivity index (χ1n) is 8.20. The van der Waals surface area contributed by atoms with E-state index in [1.807, 2.05) is 0 Å². The molecule has 1 aliphatic heterocycles. The number of rotatable bonds is 6. The van der Waals surface area contributed by atoms with Crippen LogP contribution in [0.4, 0.5) is 5.69 Å². The summed E-state index contributed by atoms with van der Waals surface area (Å²) < 4.78 is 0. The number of hydrogen-bond donors (Lipinski definition) is 0. The van der Waals surface area contributed by atoms with Crippen molar-refractivity contribution in [2.75, 3.05) is 11.4 Å². The SMILES string of the molecule is CCCCN1C=CN(c2ccccc2)C1Cc1ccccc1. The normalized spacial score (nSPS) is 17.2. The zero-order chi connectivity index (χ0) is 15.2. The van der Waals surface area contributed by atoms with Crippen LogP contribution in [0.15, 0.2) is 73.1 Å². The number of hydrogen-bond acceptors (Lipinski definition) is 2. The van der Waals surface area contributed by atoms with Crippen LogP contribution in [0.2, 0.25) is 0 Å². The molecule has 0 radical (unpaired) electrons. The topological polar surface area (TPSA) is 6.48 Å². The van der Waals surface area contributed by atoms with Gasteiger partial charge in [-0.1, -0.05) is 61.9 Å². The molecule has 1 heterocycles. The lowest BCUT2D eigenvalue weighted by Gasteiger charge is -2.33. The molecule has 3 rings (SSSR count). The molecule has 2 aromatic rings. The van der Waals surface area contributed by atoms with Crippen LogP contribution in [-0.4, -0.2) is 17.6 Å². The third-order valence-corrected chi connectivity index (χ3v) is 4.21. The van der Waals surface area contributed by atoms with Gasteiger partial charge in [0.2, 0.25) is 0 Å². The van der Waals surface area contributed by atoms with Gasteiger partial charge in [-0.25, -0.2) is 0 Å². The summed E-state index contributed by atoms with van der Waals surface area (Å²) in [7, 11) is 0. The lowest BCUT2D eigenvalue weighted by atomic mass is 10.1. The van der Waals surface area contributed by atoms with E-state index < -0.39 is 0 Å². The van der Waals surface area contributed by atoms with Gasteiger partial charge >= 0.3 is 0 Å². The molecule has 0 saturated carbocycles. The zero-order valence-corrected chi connectivity index (χ0v) is 13.2. The van der Waals surface area contributed by atoms with Crippen LogP contribution in [0.25, 0.3) is 0 Å². The molecule has 2 aromatic carbocycles. The highest BCUT2D eigenvalue weighted by atomic mass is 15.4. The molecule has 0 aromatic heterocycles. The maximum atomic E-state index is 2.48. The minimum absolute atomic E-state index is 0.372. The Morgan fingerprint density at radius 3 is 2.23 bits per heavy atom. The number of benzene rings is 2. The van der Waals surface area contributed by atoms with Gasteiger partial charge in [0, 0.05) is 31.1 Å². The molecule has 0 spiro atoms. The maximum absolute atomic E-state index is 2.48. The van der Waals surface area contributed by atoms with Crippen molar-refractivity contribution in [3.63, 3.8) is 0 Å². The van der Waals surface area contributed by atoms with Gasteiger partial charge in [0.15, 0.2) is 0 Å². The lowest BCUT2D eigenvalue weighted by Crippen LogP contribution is -2.40. The van der Waals surface area contributed by atoms with Crippen molar-refractivity contribution >= 4 is 5.69 Å². The van der Waals surface area contributed by atoms with Crippen LogP contribution in [0.1, 0.15) is 25.3 Å². The Hall–Kier alpha value is -2.22. The van der Waals surface area contributed by atoms with E-state index in [2.05, 4.69) is 89.8 Å². The van der Waals surface area contributed by atoms with Crippen LogP contribution >= 0.6 is 0 Å². The van der Waals surface area contributed by atoms with Gasteiger partial charge in [0.25, 0.3) is 0 Å². The van der Waals surface area contributed by atoms with Crippen molar-refractivity contribution in [1.82, 2.24) is 4.90 Å². The third kappa shape index (κ3) is 3.33. The van der Waals surface area contributed by atoms with Crippen LogP contribution < -0.4 is 4.90 Å². The molecule has 2 heteroatoms. The molecule has 0 aliphatic carbocycles. The summed E-state index contributed by atoms with van der Waals surface area (Å²) >= 11 is 0. The smallest absolute Gasteiger partial charge is 0.109 e. The summed E-state index contributed by atoms with van der Waals surface area (Å²) in [5.41, 5.74) is 2.65. The molecular formula is C20H24N2. The lowest BCUT2D eigenvalue weighted by molar-refractivity contribution is 0.293. The number of nitrogens with zero attached hydrogens (tertiary/aromatic N) is 2. The second-order valence-electron chi connectivity index (χ2n) is 5.80. The van der Waals surface area contributed by atoms with Crippen LogP contribution in [0.3, 0.4) is 0 Å².